The Morgan fingerprint density at radius 1 is 1.00 bits per heavy atom. The first-order chi connectivity index (χ1) is 11.6. The van der Waals surface area contributed by atoms with Gasteiger partial charge in [0.25, 0.3) is 0 Å². The molecule has 0 bridgehead atoms. The molecule has 2 aliphatic heterocycles. The van der Waals surface area contributed by atoms with Crippen LogP contribution < -0.4 is 15.6 Å². The van der Waals surface area contributed by atoms with E-state index in [9.17, 15) is 16.8 Å². The van der Waals surface area contributed by atoms with Crippen molar-refractivity contribution in [2.75, 3.05) is 65.5 Å². The van der Waals surface area contributed by atoms with Crippen molar-refractivity contribution in [1.82, 2.24) is 10.2 Å². The highest BCUT2D eigenvalue weighted by atomic mass is 79.9. The third-order valence-corrected chi connectivity index (χ3v) is 6.30. The first kappa shape index (κ1) is 28.6. The second-order valence-corrected chi connectivity index (χ2v) is 10.00. The van der Waals surface area contributed by atoms with E-state index in [1.54, 1.807) is 14.2 Å². The molecule has 0 aliphatic carbocycles. The number of rotatable bonds is 7. The SMILES string of the molecule is COCCBr.COCCN1CC(S(N)(=O)=O)C1.Cl.NS(=O)(=O)C1CNC1. The summed E-state index contributed by atoms with van der Waals surface area (Å²) in [6.45, 7) is 4.34. The molecule has 0 amide bonds. The Morgan fingerprint density at radius 3 is 1.65 bits per heavy atom. The number of methoxy groups -OCH3 is 2. The molecule has 2 aliphatic rings. The number of halogens is 2. The van der Waals surface area contributed by atoms with Gasteiger partial charge in [0.2, 0.25) is 20.0 Å². The number of nitrogens with zero attached hydrogens (tertiary/aromatic N) is 1. The lowest BCUT2D eigenvalue weighted by molar-refractivity contribution is 0.113. The fourth-order valence-electron chi connectivity index (χ4n) is 1.70. The number of alkyl halides is 1. The lowest BCUT2D eigenvalue weighted by Gasteiger charge is -2.37. The normalized spacial score (nSPS) is 18.2. The van der Waals surface area contributed by atoms with E-state index >= 15 is 0 Å². The van der Waals surface area contributed by atoms with E-state index in [1.165, 1.54) is 0 Å². The molecule has 0 atom stereocenters. The Bertz CT molecular complexity index is 554. The van der Waals surface area contributed by atoms with E-state index in [4.69, 9.17) is 15.0 Å². The van der Waals surface area contributed by atoms with Crippen LogP contribution in [0, 0.1) is 0 Å². The van der Waals surface area contributed by atoms with Crippen molar-refractivity contribution in [3.05, 3.63) is 0 Å². The van der Waals surface area contributed by atoms with Gasteiger partial charge in [0.05, 0.1) is 18.5 Å². The summed E-state index contributed by atoms with van der Waals surface area (Å²) in [6, 6.07) is 0. The van der Waals surface area contributed by atoms with Gasteiger partial charge in [0, 0.05) is 52.3 Å². The molecule has 26 heavy (non-hydrogen) atoms. The third kappa shape index (κ3) is 12.8. The van der Waals surface area contributed by atoms with E-state index in [0.717, 1.165) is 18.5 Å². The lowest BCUT2D eigenvalue weighted by Crippen LogP contribution is -2.57. The van der Waals surface area contributed by atoms with Gasteiger partial charge in [0.15, 0.2) is 0 Å². The van der Waals surface area contributed by atoms with Crippen molar-refractivity contribution >= 4 is 48.4 Å². The van der Waals surface area contributed by atoms with E-state index < -0.39 is 20.0 Å². The van der Waals surface area contributed by atoms with Crippen molar-refractivity contribution in [2.24, 2.45) is 10.3 Å². The van der Waals surface area contributed by atoms with Gasteiger partial charge in [-0.15, -0.1) is 12.4 Å². The maximum atomic E-state index is 10.8. The Kier molecular flexibility index (Phi) is 15.9. The molecule has 0 spiro atoms. The monoisotopic (exact) mass is 504 g/mol. The molecule has 2 heterocycles. The zero-order valence-corrected chi connectivity index (χ0v) is 19.0. The lowest BCUT2D eigenvalue weighted by atomic mass is 10.2. The van der Waals surface area contributed by atoms with Crippen molar-refractivity contribution in [3.8, 4) is 0 Å². The van der Waals surface area contributed by atoms with Crippen LogP contribution in [0.5, 0.6) is 0 Å². The molecule has 14 heteroatoms. The van der Waals surface area contributed by atoms with Crippen molar-refractivity contribution < 1.29 is 26.3 Å². The standard InChI is InChI=1S/C6H14N2O3S.C3H7BrO.C3H8N2O2S.ClH/c1-11-3-2-8-4-6(5-8)12(7,9)10;1-5-3-2-4;4-8(6,7)3-1-5-2-3;/h6H,2-5H2,1H3,(H2,7,9,10);2-3H2,1H3;3,5H,1-2H2,(H2,4,6,7);1H. The van der Waals surface area contributed by atoms with Crippen LogP contribution in [0.25, 0.3) is 0 Å². The van der Waals surface area contributed by atoms with Crippen LogP contribution in [0.15, 0.2) is 0 Å². The smallest absolute Gasteiger partial charge is 0.214 e. The number of hydrogen-bond acceptors (Lipinski definition) is 8. The van der Waals surface area contributed by atoms with E-state index in [1.807, 2.05) is 4.90 Å². The van der Waals surface area contributed by atoms with Crippen LogP contribution in [0.2, 0.25) is 0 Å². The quantitative estimate of drug-likeness (QED) is 0.346. The summed E-state index contributed by atoms with van der Waals surface area (Å²) >= 11 is 3.18. The second kappa shape index (κ2) is 14.4. The molecular formula is C12H30BrClN4O6S2. The number of likely N-dealkylation sites (tertiary alicyclic amines) is 1. The van der Waals surface area contributed by atoms with Crippen molar-refractivity contribution in [2.45, 2.75) is 10.5 Å². The number of nitrogens with one attached hydrogen (secondary N) is 1. The summed E-state index contributed by atoms with van der Waals surface area (Å²) in [4.78, 5) is 2.00. The number of ether oxygens (including phenoxy) is 2. The van der Waals surface area contributed by atoms with E-state index in [-0.39, 0.29) is 22.9 Å². The maximum Gasteiger partial charge on any atom is 0.214 e. The molecule has 0 unspecified atom stereocenters. The summed E-state index contributed by atoms with van der Waals surface area (Å²) in [5, 5.41) is 12.8. The number of sulfonamides is 2. The van der Waals surface area contributed by atoms with Crippen LogP contribution >= 0.6 is 28.3 Å². The molecule has 0 aromatic heterocycles. The molecule has 0 aromatic carbocycles. The molecule has 2 rings (SSSR count). The Hall–Kier alpha value is 0.430. The molecule has 160 valence electrons. The van der Waals surface area contributed by atoms with Gasteiger partial charge in [0.1, 0.15) is 5.25 Å². The maximum absolute atomic E-state index is 10.8. The highest BCUT2D eigenvalue weighted by Crippen LogP contribution is 2.12. The minimum atomic E-state index is -3.31. The van der Waals surface area contributed by atoms with Crippen molar-refractivity contribution in [1.29, 1.82) is 0 Å². The van der Waals surface area contributed by atoms with Gasteiger partial charge in [-0.25, -0.2) is 27.1 Å². The average Bonchev–Trinajstić information content (AvgIpc) is 2.33. The van der Waals surface area contributed by atoms with E-state index in [2.05, 4.69) is 26.0 Å². The number of hydrogen-bond donors (Lipinski definition) is 3. The predicted octanol–water partition coefficient (Wildman–Crippen LogP) is -1.70. The first-order valence-electron chi connectivity index (χ1n) is 7.56. The summed E-state index contributed by atoms with van der Waals surface area (Å²) in [6.07, 6.45) is 0. The average molecular weight is 506 g/mol. The molecule has 2 fully saturated rings. The van der Waals surface area contributed by atoms with Crippen LogP contribution in [0.1, 0.15) is 0 Å². The fourth-order valence-corrected chi connectivity index (χ4v) is 3.57. The Balaban J connectivity index is 0. The summed E-state index contributed by atoms with van der Waals surface area (Å²) in [5.41, 5.74) is 0. The Morgan fingerprint density at radius 2 is 1.46 bits per heavy atom. The topological polar surface area (TPSA) is 154 Å². The fraction of sp³-hybridized carbons (Fsp3) is 1.00. The highest BCUT2D eigenvalue weighted by molar-refractivity contribution is 9.09. The van der Waals surface area contributed by atoms with Gasteiger partial charge in [-0.05, 0) is 0 Å². The number of nitrogens with two attached hydrogens (primary N) is 2. The molecule has 0 aromatic rings. The molecule has 5 N–H and O–H groups in total. The van der Waals surface area contributed by atoms with Gasteiger partial charge in [-0.2, -0.15) is 0 Å². The Labute approximate surface area is 171 Å². The van der Waals surface area contributed by atoms with Crippen molar-refractivity contribution in [3.63, 3.8) is 0 Å². The summed E-state index contributed by atoms with van der Waals surface area (Å²) in [5.74, 6) is 0. The second-order valence-electron chi connectivity index (χ2n) is 5.51. The van der Waals surface area contributed by atoms with Crippen LogP contribution in [-0.4, -0.2) is 97.7 Å². The molecule has 0 radical (unpaired) electrons. The van der Waals surface area contributed by atoms with Gasteiger partial charge < -0.3 is 14.8 Å². The summed E-state index contributed by atoms with van der Waals surface area (Å²) < 4.78 is 51.7. The molecule has 2 saturated heterocycles. The zero-order valence-electron chi connectivity index (χ0n) is 15.0. The predicted molar refractivity (Wildman–Crippen MR) is 108 cm³/mol. The molecular weight excluding hydrogens is 476 g/mol. The minimum absolute atomic E-state index is 0. The summed E-state index contributed by atoms with van der Waals surface area (Å²) in [7, 11) is -3.23. The first-order valence-corrected chi connectivity index (χ1v) is 11.9. The number of primary sulfonamides is 2. The third-order valence-electron chi connectivity index (χ3n) is 3.49. The molecule has 10 nitrogen and oxygen atoms in total. The highest BCUT2D eigenvalue weighted by Gasteiger charge is 2.34. The van der Waals surface area contributed by atoms with Gasteiger partial charge in [-0.1, -0.05) is 15.9 Å². The van der Waals surface area contributed by atoms with Gasteiger partial charge >= 0.3 is 0 Å². The molecule has 0 saturated carbocycles. The zero-order chi connectivity index (χ0) is 19.5. The van der Waals surface area contributed by atoms with Crippen LogP contribution in [0.4, 0.5) is 0 Å². The van der Waals surface area contributed by atoms with Gasteiger partial charge in [-0.3, -0.25) is 4.90 Å². The van der Waals surface area contributed by atoms with E-state index in [0.29, 0.717) is 32.8 Å². The van der Waals surface area contributed by atoms with Crippen LogP contribution in [-0.2, 0) is 29.5 Å². The largest absolute Gasteiger partial charge is 0.384 e. The van der Waals surface area contributed by atoms with Crippen LogP contribution in [0.3, 0.4) is 0 Å². The minimum Gasteiger partial charge on any atom is -0.384 e.